The van der Waals surface area contributed by atoms with Gasteiger partial charge in [0.2, 0.25) is 15.9 Å². The quantitative estimate of drug-likeness (QED) is 0.749. The first kappa shape index (κ1) is 21.5. The number of nitrogens with one attached hydrogen (secondary N) is 1. The number of carbonyl (C=O) groups excluding carboxylic acids is 1. The number of rotatable bonds is 7. The van der Waals surface area contributed by atoms with Gasteiger partial charge in [0.25, 0.3) is 0 Å². The zero-order chi connectivity index (χ0) is 21.0. The SMILES string of the molecule is Cc1ccc(S(=O)(=O)NC(CC(C)C)C(=O)N2CCC(n3ccnc3)CC2)cc1. The largest absolute Gasteiger partial charge is 0.341 e. The number of benzene rings is 1. The number of aromatic nitrogens is 2. The summed E-state index contributed by atoms with van der Waals surface area (Å²) in [7, 11) is -3.76. The molecule has 7 nitrogen and oxygen atoms in total. The van der Waals surface area contributed by atoms with Crippen molar-refractivity contribution in [2.24, 2.45) is 5.92 Å². The predicted molar refractivity (Wildman–Crippen MR) is 112 cm³/mol. The Bertz CT molecular complexity index is 900. The highest BCUT2D eigenvalue weighted by Crippen LogP contribution is 2.23. The number of piperidine rings is 1. The van der Waals surface area contributed by atoms with Crippen LogP contribution in [-0.4, -0.2) is 47.9 Å². The van der Waals surface area contributed by atoms with Crippen molar-refractivity contribution in [3.05, 3.63) is 48.5 Å². The van der Waals surface area contributed by atoms with Gasteiger partial charge in [-0.3, -0.25) is 4.79 Å². The molecular formula is C21H30N4O3S. The van der Waals surface area contributed by atoms with Gasteiger partial charge in [0, 0.05) is 31.5 Å². The molecular weight excluding hydrogens is 388 g/mol. The highest BCUT2D eigenvalue weighted by molar-refractivity contribution is 7.89. The van der Waals surface area contributed by atoms with Gasteiger partial charge in [-0.05, 0) is 44.2 Å². The van der Waals surface area contributed by atoms with Crippen molar-refractivity contribution in [2.45, 2.75) is 57.0 Å². The van der Waals surface area contributed by atoms with Crippen LogP contribution in [0.25, 0.3) is 0 Å². The summed E-state index contributed by atoms with van der Waals surface area (Å²) in [5.74, 6) is 0.0478. The molecule has 0 saturated carbocycles. The number of carbonyl (C=O) groups is 1. The molecule has 3 rings (SSSR count). The van der Waals surface area contributed by atoms with E-state index in [1.54, 1.807) is 41.7 Å². The van der Waals surface area contributed by atoms with E-state index in [9.17, 15) is 13.2 Å². The van der Waals surface area contributed by atoms with Crippen molar-refractivity contribution in [2.75, 3.05) is 13.1 Å². The lowest BCUT2D eigenvalue weighted by molar-refractivity contribution is -0.134. The molecule has 2 heterocycles. The normalized spacial score (nSPS) is 16.9. The third-order valence-corrected chi connectivity index (χ3v) is 6.84. The second-order valence-electron chi connectivity index (χ2n) is 8.18. The molecule has 1 saturated heterocycles. The highest BCUT2D eigenvalue weighted by atomic mass is 32.2. The molecule has 158 valence electrons. The molecule has 0 aliphatic carbocycles. The maximum atomic E-state index is 13.2. The molecule has 0 spiro atoms. The minimum Gasteiger partial charge on any atom is -0.341 e. The molecule has 1 aromatic heterocycles. The van der Waals surface area contributed by atoms with Gasteiger partial charge in [-0.2, -0.15) is 4.72 Å². The Morgan fingerprint density at radius 2 is 1.86 bits per heavy atom. The number of amides is 1. The van der Waals surface area contributed by atoms with Crippen LogP contribution < -0.4 is 4.72 Å². The van der Waals surface area contributed by atoms with E-state index in [0.29, 0.717) is 25.6 Å². The topological polar surface area (TPSA) is 84.3 Å². The Morgan fingerprint density at radius 1 is 1.21 bits per heavy atom. The summed E-state index contributed by atoms with van der Waals surface area (Å²) in [4.78, 5) is 19.2. The van der Waals surface area contributed by atoms with E-state index < -0.39 is 16.1 Å². The molecule has 0 radical (unpaired) electrons. The third-order valence-electron chi connectivity index (χ3n) is 5.36. The van der Waals surface area contributed by atoms with Gasteiger partial charge in [0.15, 0.2) is 0 Å². The first-order valence-corrected chi connectivity index (χ1v) is 11.6. The number of sulfonamides is 1. The number of aryl methyl sites for hydroxylation is 1. The van der Waals surface area contributed by atoms with Crippen LogP contribution in [-0.2, 0) is 14.8 Å². The smallest absolute Gasteiger partial charge is 0.241 e. The maximum absolute atomic E-state index is 13.2. The number of likely N-dealkylation sites (tertiary alicyclic amines) is 1. The highest BCUT2D eigenvalue weighted by Gasteiger charge is 2.32. The Labute approximate surface area is 173 Å². The predicted octanol–water partition coefficient (Wildman–Crippen LogP) is 2.75. The molecule has 0 bridgehead atoms. The van der Waals surface area contributed by atoms with Gasteiger partial charge in [-0.25, -0.2) is 13.4 Å². The van der Waals surface area contributed by atoms with E-state index in [4.69, 9.17) is 0 Å². The Hall–Kier alpha value is -2.19. The number of hydrogen-bond acceptors (Lipinski definition) is 4. The fourth-order valence-corrected chi connectivity index (χ4v) is 4.94. The summed E-state index contributed by atoms with van der Waals surface area (Å²) in [6.07, 6.45) is 7.64. The number of nitrogens with zero attached hydrogens (tertiary/aromatic N) is 3. The summed E-state index contributed by atoms with van der Waals surface area (Å²) in [6.45, 7) is 7.12. The molecule has 1 fully saturated rings. The Balaban J connectivity index is 1.69. The first-order valence-electron chi connectivity index (χ1n) is 10.1. The summed E-state index contributed by atoms with van der Waals surface area (Å²) in [6, 6.07) is 6.24. The average molecular weight is 419 g/mol. The van der Waals surface area contributed by atoms with Crippen molar-refractivity contribution in [1.82, 2.24) is 19.2 Å². The zero-order valence-corrected chi connectivity index (χ0v) is 18.1. The summed E-state index contributed by atoms with van der Waals surface area (Å²) < 4.78 is 30.4. The second-order valence-corrected chi connectivity index (χ2v) is 9.90. The van der Waals surface area contributed by atoms with E-state index in [2.05, 4.69) is 14.3 Å². The summed E-state index contributed by atoms with van der Waals surface area (Å²) in [5, 5.41) is 0. The summed E-state index contributed by atoms with van der Waals surface area (Å²) >= 11 is 0. The fourth-order valence-electron chi connectivity index (χ4n) is 3.73. The van der Waals surface area contributed by atoms with Crippen molar-refractivity contribution < 1.29 is 13.2 Å². The van der Waals surface area contributed by atoms with Gasteiger partial charge in [-0.1, -0.05) is 31.5 Å². The lowest BCUT2D eigenvalue weighted by atomic mass is 10.0. The summed E-state index contributed by atoms with van der Waals surface area (Å²) in [5.41, 5.74) is 0.986. The Morgan fingerprint density at radius 3 is 2.41 bits per heavy atom. The monoisotopic (exact) mass is 418 g/mol. The van der Waals surface area contributed by atoms with Crippen LogP contribution >= 0.6 is 0 Å². The molecule has 1 aliphatic heterocycles. The molecule has 2 aromatic rings. The van der Waals surface area contributed by atoms with E-state index in [1.807, 2.05) is 27.0 Å². The van der Waals surface area contributed by atoms with Gasteiger partial charge in [0.05, 0.1) is 11.2 Å². The molecule has 1 amide bonds. The van der Waals surface area contributed by atoms with Crippen molar-refractivity contribution in [3.8, 4) is 0 Å². The zero-order valence-electron chi connectivity index (χ0n) is 17.3. The minimum atomic E-state index is -3.76. The fraction of sp³-hybridized carbons (Fsp3) is 0.524. The Kier molecular flexibility index (Phi) is 6.74. The van der Waals surface area contributed by atoms with Crippen LogP contribution in [0.4, 0.5) is 0 Å². The maximum Gasteiger partial charge on any atom is 0.241 e. The average Bonchev–Trinajstić information content (AvgIpc) is 3.21. The van der Waals surface area contributed by atoms with Crippen molar-refractivity contribution in [1.29, 1.82) is 0 Å². The van der Waals surface area contributed by atoms with Gasteiger partial charge < -0.3 is 9.47 Å². The molecule has 1 unspecified atom stereocenters. The minimum absolute atomic E-state index is 0.140. The second kappa shape index (κ2) is 9.09. The molecule has 1 atom stereocenters. The van der Waals surface area contributed by atoms with Gasteiger partial charge in [-0.15, -0.1) is 0 Å². The lowest BCUT2D eigenvalue weighted by Gasteiger charge is -2.35. The van der Waals surface area contributed by atoms with Crippen LogP contribution in [0.3, 0.4) is 0 Å². The first-order chi connectivity index (χ1) is 13.8. The standard InChI is InChI=1S/C21H30N4O3S/c1-16(2)14-20(23-29(27,28)19-6-4-17(3)5-7-19)21(26)24-11-8-18(9-12-24)25-13-10-22-15-25/h4-7,10,13,15-16,18,20,23H,8-9,11-12,14H2,1-3H3. The van der Waals surface area contributed by atoms with Gasteiger partial charge in [0.1, 0.15) is 6.04 Å². The molecule has 1 aromatic carbocycles. The van der Waals surface area contributed by atoms with Crippen LogP contribution in [0.15, 0.2) is 47.9 Å². The molecule has 8 heteroatoms. The third kappa shape index (κ3) is 5.45. The van der Waals surface area contributed by atoms with E-state index >= 15 is 0 Å². The van der Waals surface area contributed by atoms with E-state index in [1.165, 1.54) is 0 Å². The van der Waals surface area contributed by atoms with Crippen molar-refractivity contribution in [3.63, 3.8) is 0 Å². The van der Waals surface area contributed by atoms with Crippen LogP contribution in [0.1, 0.15) is 44.7 Å². The number of hydrogen-bond donors (Lipinski definition) is 1. The van der Waals surface area contributed by atoms with E-state index in [-0.39, 0.29) is 16.7 Å². The van der Waals surface area contributed by atoms with Crippen molar-refractivity contribution >= 4 is 15.9 Å². The molecule has 1 N–H and O–H groups in total. The van der Waals surface area contributed by atoms with Crippen LogP contribution in [0.5, 0.6) is 0 Å². The molecule has 1 aliphatic rings. The van der Waals surface area contributed by atoms with Crippen LogP contribution in [0.2, 0.25) is 0 Å². The van der Waals surface area contributed by atoms with E-state index in [0.717, 1.165) is 18.4 Å². The number of imidazole rings is 1. The van der Waals surface area contributed by atoms with Crippen LogP contribution in [0, 0.1) is 12.8 Å². The van der Waals surface area contributed by atoms with Gasteiger partial charge >= 0.3 is 0 Å². The lowest BCUT2D eigenvalue weighted by Crippen LogP contribution is -2.51. The molecule has 29 heavy (non-hydrogen) atoms.